The van der Waals surface area contributed by atoms with Gasteiger partial charge in [0.2, 0.25) is 5.82 Å². The minimum absolute atomic E-state index is 0.199. The highest BCUT2D eigenvalue weighted by Crippen LogP contribution is 2.27. The molecule has 5 nitrogen and oxygen atoms in total. The van der Waals surface area contributed by atoms with Crippen LogP contribution in [0.15, 0.2) is 21.3 Å². The van der Waals surface area contributed by atoms with Crippen LogP contribution in [0.3, 0.4) is 0 Å². The number of furan rings is 1. The van der Waals surface area contributed by atoms with Gasteiger partial charge in [0, 0.05) is 19.5 Å². The SMILES string of the molecule is O=c1[nH]c(C(F)(F)F)nc2c1CN(Cc1ccc(Cl)o1)CC2. The fourth-order valence-corrected chi connectivity index (χ4v) is 2.57. The zero-order valence-electron chi connectivity index (χ0n) is 11.2. The molecule has 0 atom stereocenters. The van der Waals surface area contributed by atoms with Crippen molar-refractivity contribution in [1.82, 2.24) is 14.9 Å². The number of rotatable bonds is 2. The maximum absolute atomic E-state index is 12.6. The van der Waals surface area contributed by atoms with Crippen LogP contribution in [0.1, 0.15) is 22.8 Å². The van der Waals surface area contributed by atoms with Crippen LogP contribution in [0.2, 0.25) is 5.22 Å². The van der Waals surface area contributed by atoms with Crippen molar-refractivity contribution in [3.05, 3.63) is 50.5 Å². The summed E-state index contributed by atoms with van der Waals surface area (Å²) in [5.41, 5.74) is -0.291. The molecule has 3 rings (SSSR count). The molecule has 0 saturated carbocycles. The highest BCUT2D eigenvalue weighted by atomic mass is 35.5. The van der Waals surface area contributed by atoms with Crippen LogP contribution in [-0.2, 0) is 25.7 Å². The zero-order chi connectivity index (χ0) is 15.9. The van der Waals surface area contributed by atoms with Gasteiger partial charge >= 0.3 is 6.18 Å². The van der Waals surface area contributed by atoms with E-state index in [1.807, 2.05) is 4.90 Å². The molecule has 1 aliphatic heterocycles. The predicted molar refractivity (Wildman–Crippen MR) is 71.4 cm³/mol. The summed E-state index contributed by atoms with van der Waals surface area (Å²) in [6, 6.07) is 3.33. The molecule has 9 heteroatoms. The van der Waals surface area contributed by atoms with Crippen molar-refractivity contribution in [3.63, 3.8) is 0 Å². The average Bonchev–Trinajstić information content (AvgIpc) is 2.83. The van der Waals surface area contributed by atoms with Gasteiger partial charge in [0.15, 0.2) is 5.22 Å². The van der Waals surface area contributed by atoms with Gasteiger partial charge in [-0.05, 0) is 23.7 Å². The minimum atomic E-state index is -4.66. The van der Waals surface area contributed by atoms with Gasteiger partial charge in [-0.1, -0.05) is 0 Å². The highest BCUT2D eigenvalue weighted by molar-refractivity contribution is 6.28. The van der Waals surface area contributed by atoms with Gasteiger partial charge < -0.3 is 9.40 Å². The molecule has 0 bridgehead atoms. The Labute approximate surface area is 127 Å². The fourth-order valence-electron chi connectivity index (χ4n) is 2.41. The van der Waals surface area contributed by atoms with Crippen LogP contribution in [-0.4, -0.2) is 21.4 Å². The van der Waals surface area contributed by atoms with Gasteiger partial charge in [0.05, 0.1) is 17.8 Å². The predicted octanol–water partition coefficient (Wildman–Crippen LogP) is 2.59. The smallest absolute Gasteiger partial charge is 0.448 e. The molecule has 0 unspecified atom stereocenters. The van der Waals surface area contributed by atoms with Crippen LogP contribution >= 0.6 is 11.6 Å². The van der Waals surface area contributed by atoms with E-state index >= 15 is 0 Å². The Balaban J connectivity index is 1.83. The van der Waals surface area contributed by atoms with Crippen molar-refractivity contribution in [2.24, 2.45) is 0 Å². The van der Waals surface area contributed by atoms with Crippen molar-refractivity contribution in [2.75, 3.05) is 6.54 Å². The quantitative estimate of drug-likeness (QED) is 0.917. The summed E-state index contributed by atoms with van der Waals surface area (Å²) < 4.78 is 43.2. The van der Waals surface area contributed by atoms with E-state index in [9.17, 15) is 18.0 Å². The normalized spacial score (nSPS) is 15.8. The molecule has 0 amide bonds. The second-order valence-corrected chi connectivity index (χ2v) is 5.38. The number of alkyl halides is 3. The van der Waals surface area contributed by atoms with E-state index in [0.29, 0.717) is 18.8 Å². The van der Waals surface area contributed by atoms with Gasteiger partial charge in [0.1, 0.15) is 5.76 Å². The molecule has 0 aliphatic carbocycles. The van der Waals surface area contributed by atoms with Crippen LogP contribution in [0, 0.1) is 0 Å². The lowest BCUT2D eigenvalue weighted by molar-refractivity contribution is -0.145. The first-order valence-electron chi connectivity index (χ1n) is 6.49. The Bertz CT molecular complexity index is 754. The van der Waals surface area contributed by atoms with E-state index in [2.05, 4.69) is 4.98 Å². The van der Waals surface area contributed by atoms with E-state index in [-0.39, 0.29) is 29.4 Å². The molecule has 0 fully saturated rings. The summed E-state index contributed by atoms with van der Waals surface area (Å²) in [7, 11) is 0. The summed E-state index contributed by atoms with van der Waals surface area (Å²) >= 11 is 5.69. The minimum Gasteiger partial charge on any atom is -0.448 e. The van der Waals surface area contributed by atoms with Crippen molar-refractivity contribution in [2.45, 2.75) is 25.7 Å². The monoisotopic (exact) mass is 333 g/mol. The molecule has 22 heavy (non-hydrogen) atoms. The number of fused-ring (bicyclic) bond motifs is 1. The van der Waals surface area contributed by atoms with Gasteiger partial charge in [-0.3, -0.25) is 9.69 Å². The first-order chi connectivity index (χ1) is 10.3. The van der Waals surface area contributed by atoms with Crippen molar-refractivity contribution < 1.29 is 17.6 Å². The Hall–Kier alpha value is -1.80. The molecule has 0 radical (unpaired) electrons. The third-order valence-corrected chi connectivity index (χ3v) is 3.63. The number of nitrogens with zero attached hydrogens (tertiary/aromatic N) is 2. The van der Waals surface area contributed by atoms with Crippen LogP contribution < -0.4 is 5.56 Å². The van der Waals surface area contributed by atoms with Crippen LogP contribution in [0.5, 0.6) is 0 Å². The molecule has 1 aliphatic rings. The summed E-state index contributed by atoms with van der Waals surface area (Å²) in [5, 5.41) is 0.266. The second kappa shape index (κ2) is 5.44. The number of hydrogen-bond donors (Lipinski definition) is 1. The lowest BCUT2D eigenvalue weighted by Crippen LogP contribution is -2.36. The first-order valence-corrected chi connectivity index (χ1v) is 6.86. The lowest BCUT2D eigenvalue weighted by atomic mass is 10.1. The molecule has 2 aromatic rings. The fraction of sp³-hybridized carbons (Fsp3) is 0.385. The van der Waals surface area contributed by atoms with E-state index in [1.54, 1.807) is 17.1 Å². The molecule has 0 spiro atoms. The van der Waals surface area contributed by atoms with E-state index in [0.717, 1.165) is 0 Å². The Morgan fingerprint density at radius 3 is 2.82 bits per heavy atom. The zero-order valence-corrected chi connectivity index (χ0v) is 12.0. The molecular formula is C13H11ClF3N3O2. The summed E-state index contributed by atoms with van der Waals surface area (Å²) in [4.78, 5) is 19.1. The number of nitrogens with one attached hydrogen (secondary N) is 1. The van der Waals surface area contributed by atoms with Crippen molar-refractivity contribution in [3.8, 4) is 0 Å². The van der Waals surface area contributed by atoms with E-state index < -0.39 is 17.6 Å². The van der Waals surface area contributed by atoms with Crippen LogP contribution in [0.4, 0.5) is 13.2 Å². The first kappa shape index (κ1) is 15.1. The Morgan fingerprint density at radius 1 is 1.41 bits per heavy atom. The van der Waals surface area contributed by atoms with E-state index in [1.165, 1.54) is 0 Å². The number of aromatic amines is 1. The largest absolute Gasteiger partial charge is 0.449 e. The number of H-pyrrole nitrogens is 1. The lowest BCUT2D eigenvalue weighted by Gasteiger charge is -2.26. The molecule has 2 aromatic heterocycles. The van der Waals surface area contributed by atoms with Gasteiger partial charge in [0.25, 0.3) is 5.56 Å². The molecule has 118 valence electrons. The van der Waals surface area contributed by atoms with E-state index in [4.69, 9.17) is 16.0 Å². The Kier molecular flexibility index (Phi) is 3.73. The van der Waals surface area contributed by atoms with Gasteiger partial charge in [-0.15, -0.1) is 0 Å². The number of hydrogen-bond acceptors (Lipinski definition) is 4. The average molecular weight is 334 g/mol. The number of halogens is 4. The van der Waals surface area contributed by atoms with Crippen molar-refractivity contribution >= 4 is 11.6 Å². The maximum Gasteiger partial charge on any atom is 0.449 e. The Morgan fingerprint density at radius 2 is 2.18 bits per heavy atom. The van der Waals surface area contributed by atoms with Gasteiger partial charge in [-0.2, -0.15) is 13.2 Å². The molecular weight excluding hydrogens is 323 g/mol. The standard InChI is InChI=1S/C13H11ClF3N3O2/c14-10-2-1-7(22-10)5-20-4-3-9-8(6-20)11(21)19-12(18-9)13(15,16)17/h1-2H,3-6H2,(H,18,19,21). The molecule has 0 aromatic carbocycles. The highest BCUT2D eigenvalue weighted by Gasteiger charge is 2.35. The third kappa shape index (κ3) is 3.02. The second-order valence-electron chi connectivity index (χ2n) is 5.00. The molecule has 3 heterocycles. The summed E-state index contributed by atoms with van der Waals surface area (Å²) in [5.74, 6) is -0.618. The number of aromatic nitrogens is 2. The maximum atomic E-state index is 12.6. The summed E-state index contributed by atoms with van der Waals surface area (Å²) in [6.45, 7) is 1.12. The summed E-state index contributed by atoms with van der Waals surface area (Å²) in [6.07, 6.45) is -4.38. The van der Waals surface area contributed by atoms with Gasteiger partial charge in [-0.25, -0.2) is 4.98 Å². The third-order valence-electron chi connectivity index (χ3n) is 3.42. The molecule has 0 saturated heterocycles. The van der Waals surface area contributed by atoms with Crippen LogP contribution in [0.25, 0.3) is 0 Å². The molecule has 1 N–H and O–H groups in total. The van der Waals surface area contributed by atoms with Crippen molar-refractivity contribution in [1.29, 1.82) is 0 Å². The topological polar surface area (TPSA) is 62.1 Å².